The molecule has 0 N–H and O–H groups in total. The summed E-state index contributed by atoms with van der Waals surface area (Å²) in [7, 11) is 9.97. The minimum Gasteiger partial charge on any atom is -0.494 e. The zero-order valence-electron chi connectivity index (χ0n) is 9.37. The summed E-state index contributed by atoms with van der Waals surface area (Å²) in [6.45, 7) is 1.84. The van der Waals surface area contributed by atoms with Crippen molar-refractivity contribution in [3.05, 3.63) is 24.3 Å². The van der Waals surface area contributed by atoms with Gasteiger partial charge in [-0.15, -0.1) is 3.69 Å². The van der Waals surface area contributed by atoms with Gasteiger partial charge in [-0.05, 0) is 32.6 Å². The Hall–Kier alpha value is 0.0362. The van der Waals surface area contributed by atoms with Gasteiger partial charge in [0.15, 0.2) is 0 Å². The molecule has 2 nitrogen and oxygen atoms in total. The standard InChI is InChI=1S/C11H16NO.ClH.Mg/c1-12(2)9-6-10-13-11-7-4-3-5-8-11;;/h4-5,7-8H,6,9-10H2,1-2H3;1H;/q;;+1/p-1. The van der Waals surface area contributed by atoms with Gasteiger partial charge in [-0.2, -0.15) is 0 Å². The van der Waals surface area contributed by atoms with Crippen LogP contribution in [0.3, 0.4) is 0 Å². The van der Waals surface area contributed by atoms with Gasteiger partial charge in [-0.3, -0.25) is 0 Å². The van der Waals surface area contributed by atoms with E-state index in [2.05, 4.69) is 31.1 Å². The maximum absolute atomic E-state index is 5.83. The van der Waals surface area contributed by atoms with Gasteiger partial charge in [0.2, 0.25) is 0 Å². The fourth-order valence-electron chi connectivity index (χ4n) is 1.25. The average molecular weight is 238 g/mol. The molecular formula is C11H16ClMgNO. The van der Waals surface area contributed by atoms with E-state index < -0.39 is 19.3 Å². The third-order valence-corrected chi connectivity index (χ3v) is 3.80. The average Bonchev–Trinajstić information content (AvgIpc) is 2.25. The maximum atomic E-state index is 5.83. The van der Waals surface area contributed by atoms with Crippen molar-refractivity contribution >= 4 is 32.0 Å². The number of nitrogens with zero attached hydrogens (tertiary/aromatic N) is 1. The Bertz CT molecular complexity index is 276. The first-order chi connectivity index (χ1) is 7.22. The molecule has 15 heavy (non-hydrogen) atoms. The minimum absolute atomic E-state index is 0.549. The molecule has 0 saturated carbocycles. The third kappa shape index (κ3) is 5.61. The molecular weight excluding hydrogens is 222 g/mol. The van der Waals surface area contributed by atoms with Crippen molar-refractivity contribution in [1.29, 1.82) is 0 Å². The predicted molar refractivity (Wildman–Crippen MR) is 66.3 cm³/mol. The molecule has 0 aliphatic rings. The van der Waals surface area contributed by atoms with Crippen molar-refractivity contribution in [3.8, 4) is 5.75 Å². The Morgan fingerprint density at radius 2 is 1.93 bits per heavy atom. The molecule has 0 amide bonds. The molecule has 4 heteroatoms. The van der Waals surface area contributed by atoms with E-state index in [1.165, 1.54) is 3.69 Å². The molecule has 0 bridgehead atoms. The number of benzene rings is 1. The highest BCUT2D eigenvalue weighted by Gasteiger charge is 1.97. The van der Waals surface area contributed by atoms with E-state index in [4.69, 9.17) is 13.8 Å². The first-order valence-corrected chi connectivity index (χ1v) is 7.99. The van der Waals surface area contributed by atoms with E-state index in [0.717, 1.165) is 25.3 Å². The van der Waals surface area contributed by atoms with E-state index in [9.17, 15) is 0 Å². The second kappa shape index (κ2) is 7.33. The predicted octanol–water partition coefficient (Wildman–Crippen LogP) is 1.50. The van der Waals surface area contributed by atoms with Crippen molar-refractivity contribution in [1.82, 2.24) is 4.90 Å². The zero-order chi connectivity index (χ0) is 11.1. The summed E-state index contributed by atoms with van der Waals surface area (Å²) in [5.74, 6) is 0.941. The minimum atomic E-state index is -0.549. The molecule has 1 rings (SSSR count). The lowest BCUT2D eigenvalue weighted by Gasteiger charge is -2.10. The SMILES string of the molecule is CN(C)CCCOc1cc[c]([Mg][Cl])cc1. The van der Waals surface area contributed by atoms with Crippen LogP contribution in [0.5, 0.6) is 5.75 Å². The van der Waals surface area contributed by atoms with Crippen LogP contribution in [0.1, 0.15) is 6.42 Å². The van der Waals surface area contributed by atoms with Gasteiger partial charge in [-0.1, -0.05) is 12.1 Å². The van der Waals surface area contributed by atoms with Crippen LogP contribution in [0.2, 0.25) is 0 Å². The van der Waals surface area contributed by atoms with Crippen LogP contribution in [-0.4, -0.2) is 51.4 Å². The molecule has 0 radical (unpaired) electrons. The quantitative estimate of drug-likeness (QED) is 0.550. The van der Waals surface area contributed by atoms with Crippen molar-refractivity contribution < 1.29 is 4.74 Å². The summed E-state index contributed by atoms with van der Waals surface area (Å²) in [5.41, 5.74) is 0. The van der Waals surface area contributed by atoms with Crippen molar-refractivity contribution in [2.24, 2.45) is 0 Å². The van der Waals surface area contributed by atoms with E-state index in [1.54, 1.807) is 0 Å². The van der Waals surface area contributed by atoms with Gasteiger partial charge >= 0.3 is 19.3 Å². The van der Waals surface area contributed by atoms with Crippen LogP contribution in [0.25, 0.3) is 0 Å². The second-order valence-electron chi connectivity index (χ2n) is 3.78. The highest BCUT2D eigenvalue weighted by atomic mass is 35.5. The zero-order valence-corrected chi connectivity index (χ0v) is 11.5. The van der Waals surface area contributed by atoms with Crippen LogP contribution in [0, 0.1) is 0 Å². The highest BCUT2D eigenvalue weighted by Crippen LogP contribution is 2.07. The van der Waals surface area contributed by atoms with Gasteiger partial charge in [0, 0.05) is 6.54 Å². The van der Waals surface area contributed by atoms with Crippen LogP contribution < -0.4 is 8.43 Å². The molecule has 0 heterocycles. The molecule has 1 aromatic carbocycles. The number of ether oxygens (including phenoxy) is 1. The lowest BCUT2D eigenvalue weighted by Crippen LogP contribution is -2.15. The molecule has 0 aromatic heterocycles. The summed E-state index contributed by atoms with van der Waals surface area (Å²) < 4.78 is 6.86. The topological polar surface area (TPSA) is 12.5 Å². The third-order valence-electron chi connectivity index (χ3n) is 2.10. The lowest BCUT2D eigenvalue weighted by atomic mass is 10.3. The van der Waals surface area contributed by atoms with Crippen molar-refractivity contribution in [2.75, 3.05) is 27.2 Å². The van der Waals surface area contributed by atoms with E-state index in [0.29, 0.717) is 0 Å². The van der Waals surface area contributed by atoms with E-state index in [1.807, 2.05) is 12.1 Å². The van der Waals surface area contributed by atoms with Crippen molar-refractivity contribution in [2.45, 2.75) is 6.42 Å². The monoisotopic (exact) mass is 237 g/mol. The largest absolute Gasteiger partial charge is 0.538 e. The number of rotatable bonds is 6. The normalized spacial score (nSPS) is 10.1. The Labute approximate surface area is 105 Å². The molecule has 0 spiro atoms. The highest BCUT2D eigenvalue weighted by molar-refractivity contribution is 7.01. The fraction of sp³-hybridized carbons (Fsp3) is 0.455. The summed E-state index contributed by atoms with van der Waals surface area (Å²) >= 11 is -0.549. The summed E-state index contributed by atoms with van der Waals surface area (Å²) in [6.07, 6.45) is 1.05. The van der Waals surface area contributed by atoms with E-state index >= 15 is 0 Å². The molecule has 80 valence electrons. The Kier molecular flexibility index (Phi) is 6.41. The van der Waals surface area contributed by atoms with E-state index in [-0.39, 0.29) is 0 Å². The summed E-state index contributed by atoms with van der Waals surface area (Å²) in [6, 6.07) is 8.11. The van der Waals surface area contributed by atoms with Crippen LogP contribution >= 0.6 is 9.07 Å². The van der Waals surface area contributed by atoms with Gasteiger partial charge in [0.1, 0.15) is 5.75 Å². The number of hydrogen-bond acceptors (Lipinski definition) is 2. The summed E-state index contributed by atoms with van der Waals surface area (Å²) in [5, 5.41) is 0. The van der Waals surface area contributed by atoms with Crippen molar-refractivity contribution in [3.63, 3.8) is 0 Å². The van der Waals surface area contributed by atoms with Gasteiger partial charge in [0.05, 0.1) is 6.61 Å². The Balaban J connectivity index is 2.25. The molecule has 0 saturated heterocycles. The number of hydrogen-bond donors (Lipinski definition) is 0. The smallest absolute Gasteiger partial charge is 0.494 e. The number of halogens is 1. The van der Waals surface area contributed by atoms with Gasteiger partial charge in [0.25, 0.3) is 0 Å². The lowest BCUT2D eigenvalue weighted by molar-refractivity contribution is 0.281. The Morgan fingerprint density at radius 1 is 1.27 bits per heavy atom. The fourth-order valence-corrected chi connectivity index (χ4v) is 2.19. The maximum Gasteiger partial charge on any atom is 0.538 e. The summed E-state index contributed by atoms with van der Waals surface area (Å²) in [4.78, 5) is 2.16. The van der Waals surface area contributed by atoms with Gasteiger partial charge < -0.3 is 18.7 Å². The Morgan fingerprint density at radius 3 is 2.47 bits per heavy atom. The second-order valence-corrected chi connectivity index (χ2v) is 5.67. The first kappa shape index (κ1) is 13.1. The molecule has 0 aliphatic carbocycles. The molecule has 0 aliphatic heterocycles. The molecule has 0 fully saturated rings. The van der Waals surface area contributed by atoms with Gasteiger partial charge in [-0.25, -0.2) is 0 Å². The molecule has 0 unspecified atom stereocenters. The van der Waals surface area contributed by atoms with Crippen LogP contribution in [0.15, 0.2) is 24.3 Å². The first-order valence-electron chi connectivity index (χ1n) is 5.15. The molecule has 1 aromatic rings. The molecule has 0 atom stereocenters. The van der Waals surface area contributed by atoms with Crippen LogP contribution in [-0.2, 0) is 0 Å². The van der Waals surface area contributed by atoms with Crippen LogP contribution in [0.4, 0.5) is 0 Å².